The van der Waals surface area contributed by atoms with Crippen molar-refractivity contribution in [3.05, 3.63) is 36.2 Å². The van der Waals surface area contributed by atoms with E-state index < -0.39 is 0 Å². The number of nitrogens with zero attached hydrogens (tertiary/aromatic N) is 4. The highest BCUT2D eigenvalue weighted by Crippen LogP contribution is 2.25. The van der Waals surface area contributed by atoms with Gasteiger partial charge in [0.25, 0.3) is 5.91 Å². The van der Waals surface area contributed by atoms with Gasteiger partial charge >= 0.3 is 0 Å². The lowest BCUT2D eigenvalue weighted by atomic mass is 9.87. The van der Waals surface area contributed by atoms with Gasteiger partial charge in [0.2, 0.25) is 5.91 Å². The molecule has 0 aliphatic heterocycles. The summed E-state index contributed by atoms with van der Waals surface area (Å²) in [7, 11) is 0. The molecule has 2 N–H and O–H groups in total. The Morgan fingerprint density at radius 1 is 1.08 bits per heavy atom. The highest BCUT2D eigenvalue weighted by atomic mass is 16.2. The third kappa shape index (κ3) is 4.15. The second-order valence-corrected chi connectivity index (χ2v) is 6.01. The van der Waals surface area contributed by atoms with E-state index in [1.54, 1.807) is 24.3 Å². The van der Waals surface area contributed by atoms with E-state index >= 15 is 0 Å². The molecule has 126 valence electrons. The summed E-state index contributed by atoms with van der Waals surface area (Å²) in [6.07, 6.45) is 7.78. The molecule has 1 heterocycles. The molecule has 0 bridgehead atoms. The zero-order valence-corrected chi connectivity index (χ0v) is 13.3. The van der Waals surface area contributed by atoms with Crippen molar-refractivity contribution in [3.8, 4) is 5.69 Å². The van der Waals surface area contributed by atoms with Crippen molar-refractivity contribution >= 4 is 11.8 Å². The lowest BCUT2D eigenvalue weighted by Gasteiger charge is -2.20. The molecule has 8 nitrogen and oxygen atoms in total. The second kappa shape index (κ2) is 7.67. The van der Waals surface area contributed by atoms with E-state index in [4.69, 9.17) is 0 Å². The van der Waals surface area contributed by atoms with Crippen LogP contribution in [-0.2, 0) is 4.79 Å². The van der Waals surface area contributed by atoms with Crippen LogP contribution in [0.2, 0.25) is 0 Å². The van der Waals surface area contributed by atoms with Gasteiger partial charge < -0.3 is 0 Å². The Morgan fingerprint density at radius 3 is 2.50 bits per heavy atom. The number of amides is 2. The maximum absolute atomic E-state index is 12.1. The topological polar surface area (TPSA) is 102 Å². The third-order valence-electron chi connectivity index (χ3n) is 4.26. The van der Waals surface area contributed by atoms with E-state index in [1.165, 1.54) is 30.3 Å². The van der Waals surface area contributed by atoms with Crippen molar-refractivity contribution in [3.63, 3.8) is 0 Å². The summed E-state index contributed by atoms with van der Waals surface area (Å²) in [6.45, 7) is 0. The summed E-state index contributed by atoms with van der Waals surface area (Å²) in [4.78, 5) is 24.0. The number of hydrogen-bond acceptors (Lipinski definition) is 5. The van der Waals surface area contributed by atoms with Crippen LogP contribution < -0.4 is 10.9 Å². The Hall–Kier alpha value is -2.77. The summed E-state index contributed by atoms with van der Waals surface area (Å²) in [5, 5.41) is 10.9. The molecule has 0 spiro atoms. The number of tetrazole rings is 1. The fourth-order valence-electron chi connectivity index (χ4n) is 2.95. The SMILES string of the molecule is O=C(CC1CCCCC1)NNC(=O)c1ccc(-n2cnnn2)cc1. The van der Waals surface area contributed by atoms with E-state index in [0.717, 1.165) is 18.5 Å². The summed E-state index contributed by atoms with van der Waals surface area (Å²) in [5.41, 5.74) is 6.15. The molecule has 1 aliphatic carbocycles. The molecule has 1 aromatic carbocycles. The Balaban J connectivity index is 1.48. The van der Waals surface area contributed by atoms with Crippen LogP contribution in [0.3, 0.4) is 0 Å². The standard InChI is InChI=1S/C16H20N6O2/c23-15(10-12-4-2-1-3-5-12)18-19-16(24)13-6-8-14(9-7-13)22-11-17-20-21-22/h6-9,11-12H,1-5,10H2,(H,18,23)(H,19,24). The highest BCUT2D eigenvalue weighted by Gasteiger charge is 2.17. The minimum Gasteiger partial charge on any atom is -0.273 e. The number of nitrogens with one attached hydrogen (secondary N) is 2. The Kier molecular flexibility index (Phi) is 5.15. The number of aromatic nitrogens is 4. The molecular weight excluding hydrogens is 308 g/mol. The minimum atomic E-state index is -0.352. The molecule has 1 aromatic heterocycles. The molecule has 8 heteroatoms. The summed E-state index contributed by atoms with van der Waals surface area (Å²) in [6, 6.07) is 6.77. The van der Waals surface area contributed by atoms with Gasteiger partial charge in [-0.1, -0.05) is 19.3 Å². The third-order valence-corrected chi connectivity index (χ3v) is 4.26. The van der Waals surface area contributed by atoms with Crippen LogP contribution in [-0.4, -0.2) is 32.0 Å². The second-order valence-electron chi connectivity index (χ2n) is 6.01. The molecule has 1 aliphatic rings. The van der Waals surface area contributed by atoms with Gasteiger partial charge in [-0.15, -0.1) is 5.10 Å². The van der Waals surface area contributed by atoms with E-state index in [0.29, 0.717) is 17.9 Å². The number of hydrogen-bond donors (Lipinski definition) is 2. The van der Waals surface area contributed by atoms with Crippen LogP contribution in [0.15, 0.2) is 30.6 Å². The highest BCUT2D eigenvalue weighted by molar-refractivity contribution is 5.95. The van der Waals surface area contributed by atoms with Crippen molar-refractivity contribution in [1.29, 1.82) is 0 Å². The van der Waals surface area contributed by atoms with E-state index in [-0.39, 0.29) is 11.8 Å². The van der Waals surface area contributed by atoms with Crippen molar-refractivity contribution in [2.24, 2.45) is 5.92 Å². The van der Waals surface area contributed by atoms with Gasteiger partial charge in [0.15, 0.2) is 0 Å². The summed E-state index contributed by atoms with van der Waals surface area (Å²) in [5.74, 6) is -0.0537. The molecule has 2 aromatic rings. The van der Waals surface area contributed by atoms with Crippen LogP contribution in [0.1, 0.15) is 48.9 Å². The predicted octanol–water partition coefficient (Wildman–Crippen LogP) is 1.39. The van der Waals surface area contributed by atoms with Crippen molar-refractivity contribution < 1.29 is 9.59 Å². The first-order valence-corrected chi connectivity index (χ1v) is 8.15. The number of carbonyl (C=O) groups is 2. The van der Waals surface area contributed by atoms with Gasteiger partial charge in [0, 0.05) is 12.0 Å². The van der Waals surface area contributed by atoms with Crippen LogP contribution in [0, 0.1) is 5.92 Å². The minimum absolute atomic E-state index is 0.138. The predicted molar refractivity (Wildman–Crippen MR) is 86.0 cm³/mol. The quantitative estimate of drug-likeness (QED) is 0.826. The molecular formula is C16H20N6O2. The van der Waals surface area contributed by atoms with Gasteiger partial charge in [-0.3, -0.25) is 20.4 Å². The average molecular weight is 328 g/mol. The van der Waals surface area contributed by atoms with E-state index in [1.807, 2.05) is 0 Å². The van der Waals surface area contributed by atoms with Crippen molar-refractivity contribution in [2.45, 2.75) is 38.5 Å². The maximum atomic E-state index is 12.1. The molecule has 0 saturated heterocycles. The Labute approximate surface area is 139 Å². The van der Waals surface area contributed by atoms with Crippen molar-refractivity contribution in [1.82, 2.24) is 31.1 Å². The van der Waals surface area contributed by atoms with Crippen LogP contribution in [0.25, 0.3) is 5.69 Å². The van der Waals surface area contributed by atoms with Crippen LogP contribution in [0.4, 0.5) is 0 Å². The van der Waals surface area contributed by atoms with Gasteiger partial charge in [-0.25, -0.2) is 4.68 Å². The van der Waals surface area contributed by atoms with Gasteiger partial charge in [0.05, 0.1) is 5.69 Å². The molecule has 0 unspecified atom stereocenters. The van der Waals surface area contributed by atoms with Gasteiger partial charge in [-0.2, -0.15) is 0 Å². The first-order valence-electron chi connectivity index (χ1n) is 8.15. The molecule has 0 radical (unpaired) electrons. The fourth-order valence-corrected chi connectivity index (χ4v) is 2.95. The smallest absolute Gasteiger partial charge is 0.269 e. The van der Waals surface area contributed by atoms with Crippen LogP contribution in [0.5, 0.6) is 0 Å². The van der Waals surface area contributed by atoms with Crippen molar-refractivity contribution in [2.75, 3.05) is 0 Å². The molecule has 0 atom stereocenters. The molecule has 1 fully saturated rings. The monoisotopic (exact) mass is 328 g/mol. The summed E-state index contributed by atoms with van der Waals surface area (Å²) < 4.78 is 1.49. The Morgan fingerprint density at radius 2 is 1.83 bits per heavy atom. The molecule has 24 heavy (non-hydrogen) atoms. The Bertz CT molecular complexity index is 677. The fraction of sp³-hybridized carbons (Fsp3) is 0.438. The van der Waals surface area contributed by atoms with Gasteiger partial charge in [-0.05, 0) is 53.5 Å². The first-order chi connectivity index (χ1) is 11.7. The van der Waals surface area contributed by atoms with Gasteiger partial charge in [0.1, 0.15) is 6.33 Å². The molecule has 1 saturated carbocycles. The largest absolute Gasteiger partial charge is 0.273 e. The van der Waals surface area contributed by atoms with E-state index in [2.05, 4.69) is 26.4 Å². The number of carbonyl (C=O) groups excluding carboxylic acids is 2. The van der Waals surface area contributed by atoms with Crippen LogP contribution >= 0.6 is 0 Å². The summed E-state index contributed by atoms with van der Waals surface area (Å²) >= 11 is 0. The average Bonchev–Trinajstić information content (AvgIpc) is 3.15. The first kappa shape index (κ1) is 16.1. The normalized spacial score (nSPS) is 15.0. The zero-order chi connectivity index (χ0) is 16.8. The molecule has 2 amide bonds. The number of hydrazine groups is 1. The lowest BCUT2D eigenvalue weighted by Crippen LogP contribution is -2.42. The van der Waals surface area contributed by atoms with E-state index in [9.17, 15) is 9.59 Å². The zero-order valence-electron chi connectivity index (χ0n) is 13.3. The number of rotatable bonds is 4. The lowest BCUT2D eigenvalue weighted by molar-refractivity contribution is -0.123. The maximum Gasteiger partial charge on any atom is 0.269 e. The number of benzene rings is 1. The molecule has 3 rings (SSSR count).